The number of carbonyl (C=O) groups is 2. The maximum absolute atomic E-state index is 13.5. The van der Waals surface area contributed by atoms with Gasteiger partial charge in [-0.1, -0.05) is 18.2 Å². The minimum absolute atomic E-state index is 0.129. The molecule has 0 spiro atoms. The number of hydrogen-bond donors (Lipinski definition) is 1. The average Bonchev–Trinajstić information content (AvgIpc) is 3.44. The third-order valence-electron chi connectivity index (χ3n) is 5.94. The third kappa shape index (κ3) is 4.51. The Hall–Kier alpha value is -3.72. The monoisotopic (exact) mass is 475 g/mol. The minimum Gasteiger partial charge on any atom is -0.369 e. The molecular formula is C25H22FN5O2S. The van der Waals surface area contributed by atoms with Crippen LogP contribution in [0.1, 0.15) is 18.4 Å². The summed E-state index contributed by atoms with van der Waals surface area (Å²) in [6.07, 6.45) is 4.94. The first-order valence-corrected chi connectivity index (χ1v) is 11.8. The average molecular weight is 476 g/mol. The van der Waals surface area contributed by atoms with E-state index < -0.39 is 0 Å². The fraction of sp³-hybridized carbons (Fsp3) is 0.200. The maximum Gasteiger partial charge on any atom is 0.286 e. The van der Waals surface area contributed by atoms with Gasteiger partial charge < -0.3 is 10.6 Å². The van der Waals surface area contributed by atoms with Gasteiger partial charge in [-0.05, 0) is 67.1 Å². The Morgan fingerprint density at radius 3 is 2.47 bits per heavy atom. The number of piperidine rings is 1. The predicted octanol–water partition coefficient (Wildman–Crippen LogP) is 3.85. The van der Waals surface area contributed by atoms with Crippen molar-refractivity contribution in [1.29, 1.82) is 0 Å². The molecule has 1 fully saturated rings. The molecule has 2 aliphatic rings. The number of likely N-dealkylation sites (tertiary alicyclic amines) is 1. The summed E-state index contributed by atoms with van der Waals surface area (Å²) >= 11 is 1.32. The molecule has 172 valence electrons. The van der Waals surface area contributed by atoms with E-state index in [1.807, 2.05) is 41.4 Å². The number of amides is 2. The van der Waals surface area contributed by atoms with Crippen molar-refractivity contribution in [1.82, 2.24) is 14.7 Å². The minimum atomic E-state index is -0.328. The number of nitrogens with two attached hydrogens (primary N) is 1. The summed E-state index contributed by atoms with van der Waals surface area (Å²) in [5.74, 6) is -1.04. The van der Waals surface area contributed by atoms with Crippen molar-refractivity contribution < 1.29 is 14.0 Å². The second kappa shape index (κ2) is 9.26. The molecule has 2 N–H and O–H groups in total. The number of hydrogen-bond acceptors (Lipinski definition) is 5. The summed E-state index contributed by atoms with van der Waals surface area (Å²) in [5.41, 5.74) is 8.41. The number of primary amides is 1. The van der Waals surface area contributed by atoms with Gasteiger partial charge in [0.1, 0.15) is 5.82 Å². The van der Waals surface area contributed by atoms with Gasteiger partial charge in [0.15, 0.2) is 5.17 Å². The zero-order chi connectivity index (χ0) is 23.7. The van der Waals surface area contributed by atoms with Crippen LogP contribution >= 0.6 is 11.8 Å². The molecule has 34 heavy (non-hydrogen) atoms. The quantitative estimate of drug-likeness (QED) is 0.579. The molecule has 2 aromatic carbocycles. The number of halogens is 1. The zero-order valence-corrected chi connectivity index (χ0v) is 19.0. The highest BCUT2D eigenvalue weighted by atomic mass is 32.2. The van der Waals surface area contributed by atoms with Crippen molar-refractivity contribution in [3.63, 3.8) is 0 Å². The van der Waals surface area contributed by atoms with Crippen LogP contribution < -0.4 is 5.73 Å². The van der Waals surface area contributed by atoms with Crippen LogP contribution in [0.2, 0.25) is 0 Å². The van der Waals surface area contributed by atoms with Gasteiger partial charge in [0.05, 0.1) is 16.3 Å². The van der Waals surface area contributed by atoms with Gasteiger partial charge >= 0.3 is 0 Å². The Labute approximate surface area is 200 Å². The second-order valence-corrected chi connectivity index (χ2v) is 9.20. The number of carbonyl (C=O) groups excluding carboxylic acids is 2. The molecule has 3 heterocycles. The Morgan fingerprint density at radius 1 is 1.09 bits per heavy atom. The SMILES string of the molecule is NC(=O)C1CCN(C2=NC(=O)/C(=C/c3cn(-c4ccccc4)nc3-c3ccc(F)cc3)S2)CC1. The molecule has 0 aliphatic carbocycles. The van der Waals surface area contributed by atoms with Gasteiger partial charge in [-0.2, -0.15) is 10.1 Å². The van der Waals surface area contributed by atoms with Crippen molar-refractivity contribution in [3.05, 3.63) is 77.1 Å². The van der Waals surface area contributed by atoms with Crippen molar-refractivity contribution in [2.45, 2.75) is 12.8 Å². The lowest BCUT2D eigenvalue weighted by Gasteiger charge is -2.31. The molecule has 1 saturated heterocycles. The fourth-order valence-corrected chi connectivity index (χ4v) is 5.02. The molecule has 0 atom stereocenters. The van der Waals surface area contributed by atoms with Gasteiger partial charge in [-0.25, -0.2) is 9.07 Å². The van der Waals surface area contributed by atoms with Crippen LogP contribution in [0.4, 0.5) is 4.39 Å². The summed E-state index contributed by atoms with van der Waals surface area (Å²) in [6.45, 7) is 1.26. The van der Waals surface area contributed by atoms with E-state index >= 15 is 0 Å². The number of benzene rings is 2. The lowest BCUT2D eigenvalue weighted by Crippen LogP contribution is -2.40. The van der Waals surface area contributed by atoms with E-state index in [-0.39, 0.29) is 23.5 Å². The van der Waals surface area contributed by atoms with Crippen molar-refractivity contribution in [2.24, 2.45) is 16.6 Å². The van der Waals surface area contributed by atoms with Crippen molar-refractivity contribution >= 4 is 34.8 Å². The lowest BCUT2D eigenvalue weighted by molar-refractivity contribution is -0.123. The first kappa shape index (κ1) is 22.1. The molecule has 1 aromatic heterocycles. The van der Waals surface area contributed by atoms with E-state index in [0.29, 0.717) is 41.7 Å². The molecule has 2 aliphatic heterocycles. The van der Waals surface area contributed by atoms with E-state index in [1.54, 1.807) is 22.9 Å². The fourth-order valence-electron chi connectivity index (χ4n) is 4.07. The van der Waals surface area contributed by atoms with Crippen LogP contribution in [0.15, 0.2) is 70.7 Å². The van der Waals surface area contributed by atoms with Gasteiger partial charge in [0.25, 0.3) is 5.91 Å². The summed E-state index contributed by atoms with van der Waals surface area (Å²) in [7, 11) is 0. The number of nitrogens with zero attached hydrogens (tertiary/aromatic N) is 4. The van der Waals surface area contributed by atoms with E-state index in [9.17, 15) is 14.0 Å². The molecule has 7 nitrogen and oxygen atoms in total. The van der Waals surface area contributed by atoms with Crippen molar-refractivity contribution in [2.75, 3.05) is 13.1 Å². The standard InChI is InChI=1S/C25H22FN5O2S/c26-19-8-6-16(7-9-19)22-18(15-31(29-22)20-4-2-1-3-5-20)14-21-24(33)28-25(34-21)30-12-10-17(11-13-30)23(27)32/h1-9,14-15,17H,10-13H2,(H2,27,32)/b21-14-. The van der Waals surface area contributed by atoms with Crippen LogP contribution in [0.5, 0.6) is 0 Å². The van der Waals surface area contributed by atoms with Crippen LogP contribution in [-0.4, -0.2) is 44.8 Å². The Bertz CT molecular complexity index is 1290. The third-order valence-corrected chi connectivity index (χ3v) is 6.99. The topological polar surface area (TPSA) is 93.6 Å². The normalized spacial score (nSPS) is 17.9. The molecule has 0 radical (unpaired) electrons. The van der Waals surface area contributed by atoms with Gasteiger partial charge in [0, 0.05) is 36.3 Å². The molecule has 3 aromatic rings. The van der Waals surface area contributed by atoms with Crippen LogP contribution in [0.25, 0.3) is 23.0 Å². The number of para-hydroxylation sites is 1. The molecule has 9 heteroatoms. The second-order valence-electron chi connectivity index (χ2n) is 8.19. The predicted molar refractivity (Wildman–Crippen MR) is 130 cm³/mol. The molecule has 0 bridgehead atoms. The van der Waals surface area contributed by atoms with Gasteiger partial charge in [0.2, 0.25) is 5.91 Å². The zero-order valence-electron chi connectivity index (χ0n) is 18.2. The summed E-state index contributed by atoms with van der Waals surface area (Å²) in [5, 5.41) is 5.36. The van der Waals surface area contributed by atoms with E-state index in [2.05, 4.69) is 4.99 Å². The van der Waals surface area contributed by atoms with Crippen LogP contribution in [-0.2, 0) is 9.59 Å². The highest BCUT2D eigenvalue weighted by Gasteiger charge is 2.30. The molecule has 0 unspecified atom stereocenters. The number of rotatable bonds is 4. The molecule has 2 amide bonds. The highest BCUT2D eigenvalue weighted by Crippen LogP contribution is 2.34. The van der Waals surface area contributed by atoms with Crippen molar-refractivity contribution in [3.8, 4) is 16.9 Å². The lowest BCUT2D eigenvalue weighted by atomic mass is 9.97. The number of aliphatic imine (C=N–C) groups is 1. The largest absolute Gasteiger partial charge is 0.369 e. The summed E-state index contributed by atoms with van der Waals surface area (Å²) in [4.78, 5) is 30.9. The number of aromatic nitrogens is 2. The first-order valence-electron chi connectivity index (χ1n) is 11.0. The van der Waals surface area contributed by atoms with Crippen LogP contribution in [0.3, 0.4) is 0 Å². The Morgan fingerprint density at radius 2 is 1.79 bits per heavy atom. The number of thioether (sulfide) groups is 1. The van der Waals surface area contributed by atoms with Gasteiger partial charge in [-0.3, -0.25) is 9.59 Å². The summed E-state index contributed by atoms with van der Waals surface area (Å²) < 4.78 is 15.3. The Kier molecular flexibility index (Phi) is 6.02. The van der Waals surface area contributed by atoms with Crippen LogP contribution in [0, 0.1) is 11.7 Å². The van der Waals surface area contributed by atoms with E-state index in [1.165, 1.54) is 23.9 Å². The first-order chi connectivity index (χ1) is 16.5. The smallest absolute Gasteiger partial charge is 0.286 e. The molecular weight excluding hydrogens is 453 g/mol. The van der Waals surface area contributed by atoms with E-state index in [4.69, 9.17) is 10.8 Å². The molecule has 5 rings (SSSR count). The maximum atomic E-state index is 13.5. The van der Waals surface area contributed by atoms with Gasteiger partial charge in [-0.15, -0.1) is 0 Å². The highest BCUT2D eigenvalue weighted by molar-refractivity contribution is 8.18. The molecule has 0 saturated carbocycles. The van der Waals surface area contributed by atoms with E-state index in [0.717, 1.165) is 16.8 Å². The Balaban J connectivity index is 1.44. The summed E-state index contributed by atoms with van der Waals surface area (Å²) in [6, 6.07) is 15.8. The number of amidine groups is 1.